The summed E-state index contributed by atoms with van der Waals surface area (Å²) >= 11 is 0. The molecule has 1 saturated carbocycles. The molecule has 0 amide bonds. The van der Waals surface area contributed by atoms with E-state index in [4.69, 9.17) is 9.84 Å². The number of aliphatic hydroxyl groups is 1. The second-order valence-electron chi connectivity index (χ2n) is 5.06. The standard InChI is InChI=1S/C13H17NO6S/c15-12(16)8-20-10-2-4-11(5-3-10)21(18,19)14-9-13(17)6-1-7-13/h2-5,14,17H,1,6-9H2,(H,15,16). The van der Waals surface area contributed by atoms with Crippen molar-refractivity contribution >= 4 is 16.0 Å². The van der Waals surface area contributed by atoms with Crippen LogP contribution in [-0.2, 0) is 14.8 Å². The Kier molecular flexibility index (Phi) is 4.50. The minimum Gasteiger partial charge on any atom is -0.482 e. The molecule has 21 heavy (non-hydrogen) atoms. The van der Waals surface area contributed by atoms with Crippen molar-refractivity contribution in [2.75, 3.05) is 13.2 Å². The first-order valence-electron chi connectivity index (χ1n) is 6.47. The van der Waals surface area contributed by atoms with E-state index in [0.29, 0.717) is 12.8 Å². The van der Waals surface area contributed by atoms with E-state index in [1.54, 1.807) is 0 Å². The fourth-order valence-electron chi connectivity index (χ4n) is 1.93. The van der Waals surface area contributed by atoms with Crippen LogP contribution in [0.2, 0.25) is 0 Å². The monoisotopic (exact) mass is 315 g/mol. The molecule has 116 valence electrons. The Labute approximate surface area is 122 Å². The average Bonchev–Trinajstić information content (AvgIpc) is 2.41. The lowest BCUT2D eigenvalue weighted by Crippen LogP contribution is -2.47. The summed E-state index contributed by atoms with van der Waals surface area (Å²) in [5.41, 5.74) is -0.933. The molecule has 0 aromatic heterocycles. The van der Waals surface area contributed by atoms with Crippen molar-refractivity contribution in [2.24, 2.45) is 0 Å². The molecule has 0 spiro atoms. The van der Waals surface area contributed by atoms with Gasteiger partial charge in [-0.25, -0.2) is 17.9 Å². The van der Waals surface area contributed by atoms with E-state index in [2.05, 4.69) is 4.72 Å². The molecule has 1 aliphatic rings. The molecule has 0 atom stereocenters. The molecule has 1 fully saturated rings. The topological polar surface area (TPSA) is 113 Å². The number of nitrogens with one attached hydrogen (secondary N) is 1. The summed E-state index contributed by atoms with van der Waals surface area (Å²) in [6.07, 6.45) is 2.09. The van der Waals surface area contributed by atoms with Crippen LogP contribution in [0.3, 0.4) is 0 Å². The second-order valence-corrected chi connectivity index (χ2v) is 6.82. The average molecular weight is 315 g/mol. The van der Waals surface area contributed by atoms with Crippen LogP contribution >= 0.6 is 0 Å². The Bertz CT molecular complexity index is 606. The molecule has 1 aromatic carbocycles. The molecule has 0 radical (unpaired) electrons. The van der Waals surface area contributed by atoms with Crippen molar-refractivity contribution in [1.82, 2.24) is 4.72 Å². The van der Waals surface area contributed by atoms with Crippen LogP contribution < -0.4 is 9.46 Å². The highest BCUT2D eigenvalue weighted by Gasteiger charge is 2.35. The van der Waals surface area contributed by atoms with Crippen LogP contribution in [0.15, 0.2) is 29.2 Å². The van der Waals surface area contributed by atoms with E-state index in [-0.39, 0.29) is 17.2 Å². The molecule has 1 aromatic rings. The number of hydrogen-bond donors (Lipinski definition) is 3. The number of rotatable bonds is 7. The number of carboxylic acid groups (broad SMARTS) is 1. The Morgan fingerprint density at radius 2 is 1.90 bits per heavy atom. The van der Waals surface area contributed by atoms with Crippen LogP contribution in [0, 0.1) is 0 Å². The van der Waals surface area contributed by atoms with Crippen LogP contribution in [0.4, 0.5) is 0 Å². The third-order valence-corrected chi connectivity index (χ3v) is 4.79. The van der Waals surface area contributed by atoms with Gasteiger partial charge in [0.15, 0.2) is 6.61 Å². The molecule has 1 aliphatic carbocycles. The van der Waals surface area contributed by atoms with Gasteiger partial charge in [-0.3, -0.25) is 0 Å². The Morgan fingerprint density at radius 1 is 1.29 bits per heavy atom. The van der Waals surface area contributed by atoms with Gasteiger partial charge >= 0.3 is 5.97 Å². The summed E-state index contributed by atoms with van der Waals surface area (Å²) in [5, 5.41) is 18.4. The first-order valence-corrected chi connectivity index (χ1v) is 7.96. The molecule has 0 heterocycles. The lowest BCUT2D eigenvalue weighted by molar-refractivity contribution is -0.139. The number of ether oxygens (including phenoxy) is 1. The van der Waals surface area contributed by atoms with Gasteiger partial charge in [0, 0.05) is 6.54 Å². The van der Waals surface area contributed by atoms with Gasteiger partial charge in [0.05, 0.1) is 10.5 Å². The lowest BCUT2D eigenvalue weighted by Gasteiger charge is -2.36. The highest BCUT2D eigenvalue weighted by Crippen LogP contribution is 2.31. The van der Waals surface area contributed by atoms with E-state index in [1.807, 2.05) is 0 Å². The molecule has 0 bridgehead atoms. The zero-order valence-electron chi connectivity index (χ0n) is 11.3. The molecule has 0 aliphatic heterocycles. The molecule has 0 saturated heterocycles. The molecular weight excluding hydrogens is 298 g/mol. The SMILES string of the molecule is O=C(O)COc1ccc(S(=O)(=O)NCC2(O)CCC2)cc1. The number of hydrogen-bond acceptors (Lipinski definition) is 5. The van der Waals surface area contributed by atoms with Gasteiger partial charge in [0.1, 0.15) is 5.75 Å². The van der Waals surface area contributed by atoms with Gasteiger partial charge in [0.2, 0.25) is 10.0 Å². The highest BCUT2D eigenvalue weighted by molar-refractivity contribution is 7.89. The van der Waals surface area contributed by atoms with E-state index in [1.165, 1.54) is 24.3 Å². The normalized spacial score (nSPS) is 17.0. The van der Waals surface area contributed by atoms with Gasteiger partial charge in [-0.15, -0.1) is 0 Å². The van der Waals surface area contributed by atoms with Gasteiger partial charge < -0.3 is 14.9 Å². The highest BCUT2D eigenvalue weighted by atomic mass is 32.2. The fraction of sp³-hybridized carbons (Fsp3) is 0.462. The molecule has 8 heteroatoms. The van der Waals surface area contributed by atoms with Crippen molar-refractivity contribution in [3.63, 3.8) is 0 Å². The predicted octanol–water partition coefficient (Wildman–Crippen LogP) is 0.343. The number of benzene rings is 1. The molecular formula is C13H17NO6S. The minimum atomic E-state index is -3.70. The smallest absolute Gasteiger partial charge is 0.341 e. The lowest BCUT2D eigenvalue weighted by atomic mass is 9.81. The first-order chi connectivity index (χ1) is 9.81. The summed E-state index contributed by atoms with van der Waals surface area (Å²) in [6, 6.07) is 5.42. The zero-order chi connectivity index (χ0) is 15.5. The van der Waals surface area contributed by atoms with Crippen molar-refractivity contribution < 1.29 is 28.2 Å². The largest absolute Gasteiger partial charge is 0.482 e. The van der Waals surface area contributed by atoms with E-state index < -0.39 is 28.2 Å². The van der Waals surface area contributed by atoms with Gasteiger partial charge in [0.25, 0.3) is 0 Å². The van der Waals surface area contributed by atoms with Crippen LogP contribution in [0.25, 0.3) is 0 Å². The summed E-state index contributed by atoms with van der Waals surface area (Å²) in [7, 11) is -3.70. The van der Waals surface area contributed by atoms with Crippen molar-refractivity contribution in [1.29, 1.82) is 0 Å². The maximum atomic E-state index is 12.0. The Hall–Kier alpha value is -1.64. The number of carbonyl (C=O) groups is 1. The Balaban J connectivity index is 1.97. The van der Waals surface area contributed by atoms with Crippen molar-refractivity contribution in [3.05, 3.63) is 24.3 Å². The second kappa shape index (κ2) is 6.00. The maximum Gasteiger partial charge on any atom is 0.341 e. The van der Waals surface area contributed by atoms with Gasteiger partial charge in [-0.2, -0.15) is 0 Å². The van der Waals surface area contributed by atoms with Crippen molar-refractivity contribution in [3.8, 4) is 5.75 Å². The van der Waals surface area contributed by atoms with E-state index >= 15 is 0 Å². The minimum absolute atomic E-state index is 0.00734. The van der Waals surface area contributed by atoms with Crippen LogP contribution in [0.5, 0.6) is 5.75 Å². The first kappa shape index (κ1) is 15.7. The van der Waals surface area contributed by atoms with E-state index in [9.17, 15) is 18.3 Å². The van der Waals surface area contributed by atoms with Gasteiger partial charge in [-0.1, -0.05) is 0 Å². The summed E-state index contributed by atoms with van der Waals surface area (Å²) in [4.78, 5) is 10.4. The fourth-order valence-corrected chi connectivity index (χ4v) is 3.05. The molecule has 0 unspecified atom stereocenters. The quantitative estimate of drug-likeness (QED) is 0.669. The predicted molar refractivity (Wildman–Crippen MR) is 73.6 cm³/mol. The third-order valence-electron chi connectivity index (χ3n) is 3.37. The molecule has 2 rings (SSSR count). The van der Waals surface area contributed by atoms with Crippen molar-refractivity contribution in [2.45, 2.75) is 29.8 Å². The number of carboxylic acids is 1. The summed E-state index contributed by atoms with van der Waals surface area (Å²) in [5.74, 6) is -0.837. The zero-order valence-corrected chi connectivity index (χ0v) is 12.1. The summed E-state index contributed by atoms with van der Waals surface area (Å²) in [6.45, 7) is -0.496. The van der Waals surface area contributed by atoms with Crippen LogP contribution in [-0.4, -0.2) is 43.4 Å². The van der Waals surface area contributed by atoms with E-state index in [0.717, 1.165) is 6.42 Å². The number of aliphatic carboxylic acids is 1. The number of sulfonamides is 1. The maximum absolute atomic E-state index is 12.0. The molecule has 3 N–H and O–H groups in total. The summed E-state index contributed by atoms with van der Waals surface area (Å²) < 4.78 is 31.4. The van der Waals surface area contributed by atoms with Crippen LogP contribution in [0.1, 0.15) is 19.3 Å². The third kappa shape index (κ3) is 4.16. The molecule has 7 nitrogen and oxygen atoms in total. The Morgan fingerprint density at radius 3 is 2.38 bits per heavy atom. The van der Waals surface area contributed by atoms with Gasteiger partial charge in [-0.05, 0) is 43.5 Å².